The minimum atomic E-state index is -0.318. The molecule has 2 heterocycles. The van der Waals surface area contributed by atoms with E-state index in [1.807, 2.05) is 18.2 Å². The molecule has 1 atom stereocenters. The molecule has 1 aliphatic heterocycles. The highest BCUT2D eigenvalue weighted by atomic mass is 19.1. The molecule has 3 aromatic rings. The van der Waals surface area contributed by atoms with Crippen molar-refractivity contribution in [1.82, 2.24) is 15.0 Å². The van der Waals surface area contributed by atoms with Crippen LogP contribution in [0.5, 0.6) is 0 Å². The predicted octanol–water partition coefficient (Wildman–Crippen LogP) is 3.27. The second-order valence-corrected chi connectivity index (χ2v) is 6.09. The average Bonchev–Trinajstić information content (AvgIpc) is 3.30. The number of benzene rings is 2. The molecule has 0 aliphatic carbocycles. The molecule has 5 nitrogen and oxygen atoms in total. The van der Waals surface area contributed by atoms with Crippen molar-refractivity contribution in [2.24, 2.45) is 0 Å². The SMILES string of the molecule is N#Cc1nn(-c2ccc(F)cc2)nc1N1CC[C@H](c2ccccc2)C1. The molecule has 0 amide bonds. The van der Waals surface area contributed by atoms with Crippen molar-refractivity contribution in [3.05, 3.63) is 71.7 Å². The summed E-state index contributed by atoms with van der Waals surface area (Å²) in [5.74, 6) is 0.691. The summed E-state index contributed by atoms with van der Waals surface area (Å²) in [4.78, 5) is 3.49. The number of halogens is 1. The van der Waals surface area contributed by atoms with Crippen LogP contribution in [0.25, 0.3) is 5.69 Å². The molecule has 0 unspecified atom stereocenters. The van der Waals surface area contributed by atoms with Gasteiger partial charge in [0.05, 0.1) is 5.69 Å². The van der Waals surface area contributed by atoms with Crippen molar-refractivity contribution in [3.8, 4) is 11.8 Å². The van der Waals surface area contributed by atoms with Gasteiger partial charge in [-0.3, -0.25) is 0 Å². The Kier molecular flexibility index (Phi) is 3.90. The average molecular weight is 333 g/mol. The van der Waals surface area contributed by atoms with Gasteiger partial charge in [0, 0.05) is 19.0 Å². The molecule has 0 bridgehead atoms. The molecular formula is C19H16FN5. The summed E-state index contributed by atoms with van der Waals surface area (Å²) in [7, 11) is 0. The molecule has 25 heavy (non-hydrogen) atoms. The van der Waals surface area contributed by atoms with Gasteiger partial charge < -0.3 is 4.90 Å². The van der Waals surface area contributed by atoms with E-state index in [9.17, 15) is 9.65 Å². The lowest BCUT2D eigenvalue weighted by molar-refractivity contribution is 0.626. The van der Waals surface area contributed by atoms with Gasteiger partial charge >= 0.3 is 0 Å². The molecule has 0 N–H and O–H groups in total. The third kappa shape index (κ3) is 2.96. The van der Waals surface area contributed by atoms with Gasteiger partial charge in [-0.2, -0.15) is 5.26 Å². The van der Waals surface area contributed by atoms with E-state index in [2.05, 4.69) is 33.3 Å². The first-order valence-electron chi connectivity index (χ1n) is 8.18. The van der Waals surface area contributed by atoms with Gasteiger partial charge in [-0.15, -0.1) is 15.0 Å². The molecule has 2 aromatic carbocycles. The van der Waals surface area contributed by atoms with Crippen LogP contribution in [0, 0.1) is 17.1 Å². The highest BCUT2D eigenvalue weighted by Crippen LogP contribution is 2.31. The Bertz CT molecular complexity index is 911. The van der Waals surface area contributed by atoms with Crippen molar-refractivity contribution in [1.29, 1.82) is 5.26 Å². The number of hydrogen-bond acceptors (Lipinski definition) is 4. The molecule has 1 aromatic heterocycles. The Labute approximate surface area is 144 Å². The van der Waals surface area contributed by atoms with Gasteiger partial charge in [-0.1, -0.05) is 30.3 Å². The maximum Gasteiger partial charge on any atom is 0.207 e. The summed E-state index contributed by atoms with van der Waals surface area (Å²) in [6.07, 6.45) is 1.01. The molecule has 0 saturated carbocycles. The van der Waals surface area contributed by atoms with Crippen molar-refractivity contribution in [2.75, 3.05) is 18.0 Å². The van der Waals surface area contributed by atoms with Gasteiger partial charge in [-0.25, -0.2) is 4.39 Å². The lowest BCUT2D eigenvalue weighted by Gasteiger charge is -2.15. The minimum absolute atomic E-state index is 0.290. The molecule has 1 saturated heterocycles. The fourth-order valence-electron chi connectivity index (χ4n) is 3.22. The van der Waals surface area contributed by atoms with E-state index < -0.39 is 0 Å². The number of hydrogen-bond donors (Lipinski definition) is 0. The smallest absolute Gasteiger partial charge is 0.207 e. The van der Waals surface area contributed by atoms with Crippen LogP contribution in [-0.2, 0) is 0 Å². The fourth-order valence-corrected chi connectivity index (χ4v) is 3.22. The first-order valence-corrected chi connectivity index (χ1v) is 8.18. The Hall–Kier alpha value is -3.20. The Morgan fingerprint density at radius 2 is 1.80 bits per heavy atom. The number of aromatic nitrogens is 3. The van der Waals surface area contributed by atoms with Gasteiger partial charge in [-0.05, 0) is 36.2 Å². The first-order chi connectivity index (χ1) is 12.2. The minimum Gasteiger partial charge on any atom is -0.352 e. The second-order valence-electron chi connectivity index (χ2n) is 6.09. The Morgan fingerprint density at radius 3 is 2.52 bits per heavy atom. The number of nitriles is 1. The summed E-state index contributed by atoms with van der Waals surface area (Å²) < 4.78 is 13.1. The van der Waals surface area contributed by atoms with E-state index in [1.54, 1.807) is 12.1 Å². The van der Waals surface area contributed by atoms with Crippen molar-refractivity contribution < 1.29 is 4.39 Å². The molecule has 6 heteroatoms. The third-order valence-electron chi connectivity index (χ3n) is 4.52. The zero-order chi connectivity index (χ0) is 17.2. The Balaban J connectivity index is 1.61. The fraction of sp³-hybridized carbons (Fsp3) is 0.211. The van der Waals surface area contributed by atoms with Crippen LogP contribution < -0.4 is 4.90 Å². The van der Waals surface area contributed by atoms with Crippen molar-refractivity contribution in [2.45, 2.75) is 12.3 Å². The van der Waals surface area contributed by atoms with E-state index >= 15 is 0 Å². The van der Waals surface area contributed by atoms with E-state index in [-0.39, 0.29) is 11.5 Å². The molecule has 1 fully saturated rings. The van der Waals surface area contributed by atoms with Gasteiger partial charge in [0.1, 0.15) is 11.9 Å². The standard InChI is InChI=1S/C19H16FN5/c20-16-6-8-17(9-7-16)25-22-18(12-21)19(23-25)24-11-10-15(13-24)14-4-2-1-3-5-14/h1-9,15H,10-11,13H2/t15-/m0/s1. The third-order valence-corrected chi connectivity index (χ3v) is 4.52. The van der Waals surface area contributed by atoms with E-state index in [0.717, 1.165) is 19.5 Å². The first kappa shape index (κ1) is 15.3. The number of nitrogens with zero attached hydrogens (tertiary/aromatic N) is 5. The van der Waals surface area contributed by atoms with Crippen molar-refractivity contribution >= 4 is 5.82 Å². The quantitative estimate of drug-likeness (QED) is 0.738. The Morgan fingerprint density at radius 1 is 1.04 bits per heavy atom. The van der Waals surface area contributed by atoms with Crippen molar-refractivity contribution in [3.63, 3.8) is 0 Å². The van der Waals surface area contributed by atoms with Gasteiger partial charge in [0.15, 0.2) is 5.82 Å². The number of rotatable bonds is 3. The zero-order valence-electron chi connectivity index (χ0n) is 13.5. The molecule has 1 aliphatic rings. The van der Waals surface area contributed by atoms with Crippen LogP contribution in [0.2, 0.25) is 0 Å². The summed E-state index contributed by atoms with van der Waals surface area (Å²) >= 11 is 0. The lowest BCUT2D eigenvalue weighted by Crippen LogP contribution is -2.20. The van der Waals surface area contributed by atoms with Crippen LogP contribution in [0.3, 0.4) is 0 Å². The summed E-state index contributed by atoms with van der Waals surface area (Å²) in [5.41, 5.74) is 2.22. The predicted molar refractivity (Wildman–Crippen MR) is 92.0 cm³/mol. The normalized spacial score (nSPS) is 16.8. The molecule has 0 spiro atoms. The summed E-state index contributed by atoms with van der Waals surface area (Å²) in [5, 5.41) is 18.1. The molecule has 0 radical (unpaired) electrons. The maximum atomic E-state index is 13.1. The number of anilines is 1. The van der Waals surface area contributed by atoms with E-state index in [0.29, 0.717) is 17.4 Å². The monoisotopic (exact) mass is 333 g/mol. The molecular weight excluding hydrogens is 317 g/mol. The topological polar surface area (TPSA) is 57.7 Å². The van der Waals surface area contributed by atoms with Crippen LogP contribution in [0.4, 0.5) is 10.2 Å². The van der Waals surface area contributed by atoms with E-state index in [1.165, 1.54) is 22.5 Å². The molecule has 124 valence electrons. The van der Waals surface area contributed by atoms with Gasteiger partial charge in [0.25, 0.3) is 0 Å². The van der Waals surface area contributed by atoms with Crippen LogP contribution >= 0.6 is 0 Å². The van der Waals surface area contributed by atoms with Crippen LogP contribution in [0.1, 0.15) is 23.6 Å². The van der Waals surface area contributed by atoms with Crippen LogP contribution in [0.15, 0.2) is 54.6 Å². The van der Waals surface area contributed by atoms with E-state index in [4.69, 9.17) is 0 Å². The lowest BCUT2D eigenvalue weighted by atomic mass is 9.99. The second kappa shape index (κ2) is 6.36. The summed E-state index contributed by atoms with van der Waals surface area (Å²) in [6, 6.07) is 18.4. The summed E-state index contributed by atoms with van der Waals surface area (Å²) in [6.45, 7) is 1.64. The van der Waals surface area contributed by atoms with Gasteiger partial charge in [0.2, 0.25) is 5.69 Å². The van der Waals surface area contributed by atoms with Crippen LogP contribution in [-0.4, -0.2) is 28.1 Å². The highest BCUT2D eigenvalue weighted by molar-refractivity contribution is 5.51. The molecule has 4 rings (SSSR count). The largest absolute Gasteiger partial charge is 0.352 e. The highest BCUT2D eigenvalue weighted by Gasteiger charge is 2.28. The maximum absolute atomic E-state index is 13.1. The zero-order valence-corrected chi connectivity index (χ0v) is 13.5.